The minimum Gasteiger partial charge on any atom is -0.496 e. The number of carbonyl (C=O) groups is 1. The van der Waals surface area contributed by atoms with Crippen molar-refractivity contribution in [2.75, 3.05) is 27.4 Å². The highest BCUT2D eigenvalue weighted by molar-refractivity contribution is 5.92. The smallest absolute Gasteiger partial charge is 0.341 e. The molecule has 2 heterocycles. The Balaban J connectivity index is 1.54. The van der Waals surface area contributed by atoms with E-state index < -0.39 is 5.97 Å². The number of nitrogens with zero attached hydrogens (tertiary/aromatic N) is 3. The van der Waals surface area contributed by atoms with Crippen LogP contribution in [0.15, 0.2) is 48.7 Å². The summed E-state index contributed by atoms with van der Waals surface area (Å²) in [5, 5.41) is 9.67. The van der Waals surface area contributed by atoms with Gasteiger partial charge in [0, 0.05) is 31.0 Å². The minimum absolute atomic E-state index is 0.0555. The van der Waals surface area contributed by atoms with Crippen molar-refractivity contribution in [1.82, 2.24) is 9.97 Å². The maximum Gasteiger partial charge on any atom is 0.341 e. The lowest BCUT2D eigenvalue weighted by Gasteiger charge is -2.23. The van der Waals surface area contributed by atoms with Gasteiger partial charge in [0.05, 0.1) is 38.7 Å². The summed E-state index contributed by atoms with van der Waals surface area (Å²) in [5.74, 6) is 1.15. The first-order chi connectivity index (χ1) is 16.6. The molecule has 174 valence electrons. The van der Waals surface area contributed by atoms with Crippen molar-refractivity contribution in [2.24, 2.45) is 0 Å². The standard InChI is InChI=1S/C26H25N3O5/c1-31-24-13-17(3-5-21(24)26(30)32-2)14-25-28-10-7-22(29-25)18-4-6-23(19(15-18)16-27)34-20-8-11-33-12-9-20/h3-7,10,13,15,20H,8-9,11-12,14H2,1-2H3. The second kappa shape index (κ2) is 10.8. The fraction of sp³-hybridized carbons (Fsp3) is 0.308. The molecule has 0 aliphatic carbocycles. The minimum atomic E-state index is -0.459. The van der Waals surface area contributed by atoms with Gasteiger partial charge in [-0.2, -0.15) is 5.26 Å². The first-order valence-electron chi connectivity index (χ1n) is 11.0. The lowest BCUT2D eigenvalue weighted by Crippen LogP contribution is -2.26. The predicted octanol–water partition coefficient (Wildman–Crippen LogP) is 3.96. The summed E-state index contributed by atoms with van der Waals surface area (Å²) >= 11 is 0. The van der Waals surface area contributed by atoms with Crippen LogP contribution in [0.4, 0.5) is 0 Å². The van der Waals surface area contributed by atoms with Crippen LogP contribution >= 0.6 is 0 Å². The Bertz CT molecular complexity index is 1220. The van der Waals surface area contributed by atoms with Gasteiger partial charge < -0.3 is 18.9 Å². The Kier molecular flexibility index (Phi) is 7.35. The summed E-state index contributed by atoms with van der Waals surface area (Å²) in [5.41, 5.74) is 3.22. The molecule has 34 heavy (non-hydrogen) atoms. The lowest BCUT2D eigenvalue weighted by atomic mass is 10.1. The quantitative estimate of drug-likeness (QED) is 0.489. The van der Waals surface area contributed by atoms with Gasteiger partial charge >= 0.3 is 5.97 Å². The number of methoxy groups -OCH3 is 2. The molecule has 1 aliphatic rings. The zero-order chi connectivity index (χ0) is 23.9. The first-order valence-corrected chi connectivity index (χ1v) is 11.0. The summed E-state index contributed by atoms with van der Waals surface area (Å²) in [6, 6.07) is 14.8. The van der Waals surface area contributed by atoms with Gasteiger partial charge in [-0.3, -0.25) is 0 Å². The Hall–Kier alpha value is -3.96. The number of carbonyl (C=O) groups excluding carboxylic acids is 1. The molecule has 0 radical (unpaired) electrons. The molecule has 0 unspecified atom stereocenters. The number of hydrogen-bond donors (Lipinski definition) is 0. The van der Waals surface area contributed by atoms with Crippen molar-refractivity contribution in [3.8, 4) is 28.8 Å². The van der Waals surface area contributed by atoms with Gasteiger partial charge in [0.1, 0.15) is 35.1 Å². The van der Waals surface area contributed by atoms with Gasteiger partial charge in [0.25, 0.3) is 0 Å². The van der Waals surface area contributed by atoms with Gasteiger partial charge in [-0.15, -0.1) is 0 Å². The maximum absolute atomic E-state index is 11.9. The zero-order valence-corrected chi connectivity index (χ0v) is 19.1. The molecule has 0 atom stereocenters. The average molecular weight is 460 g/mol. The molecular formula is C26H25N3O5. The van der Waals surface area contributed by atoms with Crippen LogP contribution in [0.1, 0.15) is 40.2 Å². The molecule has 0 N–H and O–H groups in total. The van der Waals surface area contributed by atoms with Crippen molar-refractivity contribution in [3.05, 3.63) is 71.2 Å². The van der Waals surface area contributed by atoms with E-state index in [-0.39, 0.29) is 6.10 Å². The fourth-order valence-corrected chi connectivity index (χ4v) is 3.80. The van der Waals surface area contributed by atoms with E-state index in [1.807, 2.05) is 18.2 Å². The first kappa shape index (κ1) is 23.2. The molecule has 8 nitrogen and oxygen atoms in total. The van der Waals surface area contributed by atoms with Gasteiger partial charge in [-0.1, -0.05) is 6.07 Å². The Morgan fingerprint density at radius 3 is 2.68 bits per heavy atom. The second-order valence-corrected chi connectivity index (χ2v) is 7.81. The van der Waals surface area contributed by atoms with Crippen LogP contribution in [-0.4, -0.2) is 49.5 Å². The lowest BCUT2D eigenvalue weighted by molar-refractivity contribution is 0.0254. The van der Waals surface area contributed by atoms with Crippen molar-refractivity contribution in [2.45, 2.75) is 25.4 Å². The summed E-state index contributed by atoms with van der Waals surface area (Å²) in [7, 11) is 2.83. The molecule has 0 spiro atoms. The van der Waals surface area contributed by atoms with Crippen LogP contribution in [0.3, 0.4) is 0 Å². The highest BCUT2D eigenvalue weighted by Crippen LogP contribution is 2.28. The van der Waals surface area contributed by atoms with Crippen LogP contribution in [0.25, 0.3) is 11.3 Å². The average Bonchev–Trinajstić information content (AvgIpc) is 2.89. The van der Waals surface area contributed by atoms with E-state index >= 15 is 0 Å². The molecule has 0 amide bonds. The number of ether oxygens (including phenoxy) is 4. The third-order valence-corrected chi connectivity index (χ3v) is 5.60. The molecule has 1 fully saturated rings. The van der Waals surface area contributed by atoms with Crippen molar-refractivity contribution >= 4 is 5.97 Å². The van der Waals surface area contributed by atoms with E-state index in [2.05, 4.69) is 16.0 Å². The largest absolute Gasteiger partial charge is 0.496 e. The number of benzene rings is 2. The molecule has 1 saturated heterocycles. The van der Waals surface area contributed by atoms with Gasteiger partial charge in [-0.05, 0) is 42.0 Å². The van der Waals surface area contributed by atoms with Crippen LogP contribution < -0.4 is 9.47 Å². The number of nitriles is 1. The number of aromatic nitrogens is 2. The van der Waals surface area contributed by atoms with E-state index in [4.69, 9.17) is 18.9 Å². The molecular weight excluding hydrogens is 434 g/mol. The summed E-state index contributed by atoms with van der Waals surface area (Å²) in [6.45, 7) is 1.34. The van der Waals surface area contributed by atoms with Gasteiger partial charge in [0.2, 0.25) is 0 Å². The van der Waals surface area contributed by atoms with Crippen LogP contribution in [-0.2, 0) is 15.9 Å². The summed E-state index contributed by atoms with van der Waals surface area (Å²) < 4.78 is 21.5. The van der Waals surface area contributed by atoms with E-state index in [9.17, 15) is 10.1 Å². The maximum atomic E-state index is 11.9. The summed E-state index contributed by atoms with van der Waals surface area (Å²) in [4.78, 5) is 20.9. The van der Waals surface area contributed by atoms with Crippen molar-refractivity contribution in [3.63, 3.8) is 0 Å². The van der Waals surface area contributed by atoms with Crippen LogP contribution in [0.5, 0.6) is 11.5 Å². The second-order valence-electron chi connectivity index (χ2n) is 7.81. The van der Waals surface area contributed by atoms with Crippen LogP contribution in [0.2, 0.25) is 0 Å². The molecule has 1 aromatic heterocycles. The number of hydrogen-bond acceptors (Lipinski definition) is 8. The normalized spacial score (nSPS) is 13.7. The molecule has 2 aromatic carbocycles. The van der Waals surface area contributed by atoms with E-state index in [0.717, 1.165) is 24.0 Å². The van der Waals surface area contributed by atoms with E-state index in [1.165, 1.54) is 14.2 Å². The molecule has 1 aliphatic heterocycles. The third kappa shape index (κ3) is 5.33. The fourth-order valence-electron chi connectivity index (χ4n) is 3.80. The Morgan fingerprint density at radius 1 is 1.12 bits per heavy atom. The zero-order valence-electron chi connectivity index (χ0n) is 19.1. The Labute approximate surface area is 198 Å². The predicted molar refractivity (Wildman–Crippen MR) is 124 cm³/mol. The highest BCUT2D eigenvalue weighted by Gasteiger charge is 2.18. The highest BCUT2D eigenvalue weighted by atomic mass is 16.5. The molecule has 0 saturated carbocycles. The number of rotatable bonds is 7. The van der Waals surface area contributed by atoms with Crippen LogP contribution in [0, 0.1) is 11.3 Å². The van der Waals surface area contributed by atoms with E-state index in [0.29, 0.717) is 53.8 Å². The van der Waals surface area contributed by atoms with Gasteiger partial charge in [0.15, 0.2) is 0 Å². The topological polar surface area (TPSA) is 104 Å². The van der Waals surface area contributed by atoms with Crippen molar-refractivity contribution < 1.29 is 23.7 Å². The molecule has 0 bridgehead atoms. The van der Waals surface area contributed by atoms with Gasteiger partial charge in [-0.25, -0.2) is 14.8 Å². The van der Waals surface area contributed by atoms with Crippen molar-refractivity contribution in [1.29, 1.82) is 5.26 Å². The number of esters is 1. The monoisotopic (exact) mass is 459 g/mol. The molecule has 4 rings (SSSR count). The Morgan fingerprint density at radius 2 is 1.94 bits per heavy atom. The molecule has 8 heteroatoms. The molecule has 3 aromatic rings. The van der Waals surface area contributed by atoms with E-state index in [1.54, 1.807) is 30.5 Å². The summed E-state index contributed by atoms with van der Waals surface area (Å²) in [6.07, 6.45) is 3.82. The SMILES string of the molecule is COC(=O)c1ccc(Cc2nccc(-c3ccc(OC4CCOCC4)c(C#N)c3)n2)cc1OC. The third-order valence-electron chi connectivity index (χ3n) is 5.60.